The van der Waals surface area contributed by atoms with E-state index in [1.54, 1.807) is 0 Å². The van der Waals surface area contributed by atoms with Gasteiger partial charge in [0.1, 0.15) is 0 Å². The molecule has 2 fully saturated rings. The molecule has 0 aromatic rings. The number of carbonyl (C=O) groups excluding carboxylic acids is 1. The largest absolute Gasteiger partial charge is 0.396 e. The Labute approximate surface area is 90.9 Å². The predicted octanol–water partition coefficient (Wildman–Crippen LogP) is -0.0770. The van der Waals surface area contributed by atoms with Crippen molar-refractivity contribution in [3.63, 3.8) is 0 Å². The third-order valence-corrected chi connectivity index (χ3v) is 3.24. The van der Waals surface area contributed by atoms with Gasteiger partial charge in [-0.1, -0.05) is 0 Å². The van der Waals surface area contributed by atoms with Crippen LogP contribution in [0, 0.1) is 5.92 Å². The third kappa shape index (κ3) is 2.92. The number of piperazine rings is 1. The molecule has 0 spiro atoms. The smallest absolute Gasteiger partial charge is 0.225 e. The second-order valence-electron chi connectivity index (χ2n) is 4.52. The predicted molar refractivity (Wildman–Crippen MR) is 57.4 cm³/mol. The average Bonchev–Trinajstić information content (AvgIpc) is 3.10. The second-order valence-corrected chi connectivity index (χ2v) is 4.52. The Bertz CT molecular complexity index is 221. The lowest BCUT2D eigenvalue weighted by Crippen LogP contribution is -2.49. The van der Waals surface area contributed by atoms with E-state index in [0.717, 1.165) is 52.0 Å². The molecule has 1 aliphatic carbocycles. The number of hydrogen-bond donors (Lipinski definition) is 1. The molecule has 4 heteroatoms. The molecule has 0 radical (unpaired) electrons. The van der Waals surface area contributed by atoms with E-state index in [-0.39, 0.29) is 6.61 Å². The molecule has 1 amide bonds. The lowest BCUT2D eigenvalue weighted by Gasteiger charge is -2.34. The number of carbonyl (C=O) groups is 1. The summed E-state index contributed by atoms with van der Waals surface area (Å²) in [6.45, 7) is 4.92. The van der Waals surface area contributed by atoms with Crippen molar-refractivity contribution >= 4 is 5.91 Å². The number of aliphatic hydroxyl groups is 1. The number of rotatable bonds is 4. The molecular formula is C11H20N2O2. The molecule has 0 aromatic carbocycles. The van der Waals surface area contributed by atoms with Gasteiger partial charge in [-0.3, -0.25) is 9.69 Å². The summed E-state index contributed by atoms with van der Waals surface area (Å²) in [4.78, 5) is 16.1. The van der Waals surface area contributed by atoms with Crippen LogP contribution in [-0.2, 0) is 4.79 Å². The average molecular weight is 212 g/mol. The summed E-state index contributed by atoms with van der Waals surface area (Å²) < 4.78 is 0. The van der Waals surface area contributed by atoms with Crippen molar-refractivity contribution in [3.05, 3.63) is 0 Å². The first-order valence-electron chi connectivity index (χ1n) is 5.93. The van der Waals surface area contributed by atoms with Gasteiger partial charge in [-0.15, -0.1) is 0 Å². The number of hydrogen-bond acceptors (Lipinski definition) is 3. The Morgan fingerprint density at radius 1 is 1.20 bits per heavy atom. The molecule has 0 unspecified atom stereocenters. The zero-order valence-electron chi connectivity index (χ0n) is 9.19. The lowest BCUT2D eigenvalue weighted by atomic mass is 10.2. The molecular weight excluding hydrogens is 192 g/mol. The molecule has 1 saturated heterocycles. The van der Waals surface area contributed by atoms with Crippen LogP contribution in [0.5, 0.6) is 0 Å². The SMILES string of the molecule is O=C(C1CC1)N1CCN(CCCO)CC1. The minimum atomic E-state index is 0.265. The van der Waals surface area contributed by atoms with Crippen molar-refractivity contribution in [2.75, 3.05) is 39.3 Å². The maximum Gasteiger partial charge on any atom is 0.225 e. The molecule has 1 saturated carbocycles. The summed E-state index contributed by atoms with van der Waals surface area (Å²) >= 11 is 0. The van der Waals surface area contributed by atoms with Gasteiger partial charge in [-0.25, -0.2) is 0 Å². The fraction of sp³-hybridized carbons (Fsp3) is 0.909. The van der Waals surface area contributed by atoms with Gasteiger partial charge in [-0.2, -0.15) is 0 Å². The van der Waals surface area contributed by atoms with Crippen molar-refractivity contribution in [1.82, 2.24) is 9.80 Å². The van der Waals surface area contributed by atoms with Crippen LogP contribution >= 0.6 is 0 Å². The summed E-state index contributed by atoms with van der Waals surface area (Å²) in [6, 6.07) is 0. The van der Waals surface area contributed by atoms with E-state index in [2.05, 4.69) is 4.90 Å². The van der Waals surface area contributed by atoms with Crippen LogP contribution in [0.3, 0.4) is 0 Å². The van der Waals surface area contributed by atoms with Gasteiger partial charge < -0.3 is 10.0 Å². The van der Waals surface area contributed by atoms with E-state index in [0.29, 0.717) is 11.8 Å². The Kier molecular flexibility index (Phi) is 3.59. The van der Waals surface area contributed by atoms with Gasteiger partial charge in [0.05, 0.1) is 0 Å². The third-order valence-electron chi connectivity index (χ3n) is 3.24. The van der Waals surface area contributed by atoms with Crippen molar-refractivity contribution in [2.24, 2.45) is 5.92 Å². The second kappa shape index (κ2) is 4.94. The molecule has 2 rings (SSSR count). The van der Waals surface area contributed by atoms with Crippen LogP contribution < -0.4 is 0 Å². The number of nitrogens with zero attached hydrogens (tertiary/aromatic N) is 2. The molecule has 1 heterocycles. The topological polar surface area (TPSA) is 43.8 Å². The maximum atomic E-state index is 11.7. The maximum absolute atomic E-state index is 11.7. The zero-order chi connectivity index (χ0) is 10.7. The summed E-state index contributed by atoms with van der Waals surface area (Å²) in [6.07, 6.45) is 3.05. The molecule has 0 bridgehead atoms. The van der Waals surface area contributed by atoms with E-state index in [1.807, 2.05) is 4.90 Å². The molecule has 1 N–H and O–H groups in total. The quantitative estimate of drug-likeness (QED) is 0.709. The highest BCUT2D eigenvalue weighted by Gasteiger charge is 2.34. The molecule has 2 aliphatic rings. The number of aliphatic hydroxyl groups excluding tert-OH is 1. The van der Waals surface area contributed by atoms with E-state index >= 15 is 0 Å². The van der Waals surface area contributed by atoms with Crippen molar-refractivity contribution < 1.29 is 9.90 Å². The Balaban J connectivity index is 1.69. The normalized spacial score (nSPS) is 23.1. The molecule has 86 valence electrons. The van der Waals surface area contributed by atoms with Crippen molar-refractivity contribution in [2.45, 2.75) is 19.3 Å². The van der Waals surface area contributed by atoms with E-state index in [1.165, 1.54) is 0 Å². The highest BCUT2D eigenvalue weighted by atomic mass is 16.3. The van der Waals surface area contributed by atoms with Crippen LogP contribution in [0.1, 0.15) is 19.3 Å². The van der Waals surface area contributed by atoms with E-state index < -0.39 is 0 Å². The van der Waals surface area contributed by atoms with Crippen LogP contribution in [-0.4, -0.2) is 60.1 Å². The van der Waals surface area contributed by atoms with Crippen molar-refractivity contribution in [3.8, 4) is 0 Å². The monoisotopic (exact) mass is 212 g/mol. The summed E-state index contributed by atoms with van der Waals surface area (Å²) in [5.41, 5.74) is 0. The zero-order valence-corrected chi connectivity index (χ0v) is 9.19. The molecule has 0 atom stereocenters. The van der Waals surface area contributed by atoms with Gasteiger partial charge >= 0.3 is 0 Å². The Morgan fingerprint density at radius 3 is 2.40 bits per heavy atom. The van der Waals surface area contributed by atoms with E-state index in [4.69, 9.17) is 5.11 Å². The van der Waals surface area contributed by atoms with Gasteiger partial charge in [0, 0.05) is 45.2 Å². The standard InChI is InChI=1S/C11H20N2O2/c14-9-1-4-12-5-7-13(8-6-12)11(15)10-2-3-10/h10,14H,1-9H2. The van der Waals surface area contributed by atoms with Crippen molar-refractivity contribution in [1.29, 1.82) is 0 Å². The minimum absolute atomic E-state index is 0.265. The molecule has 4 nitrogen and oxygen atoms in total. The van der Waals surface area contributed by atoms with Gasteiger partial charge in [0.25, 0.3) is 0 Å². The van der Waals surface area contributed by atoms with Crippen LogP contribution in [0.25, 0.3) is 0 Å². The summed E-state index contributed by atoms with van der Waals surface area (Å²) in [5.74, 6) is 0.728. The van der Waals surface area contributed by atoms with Gasteiger partial charge in [-0.05, 0) is 19.3 Å². The first kappa shape index (κ1) is 10.9. The summed E-state index contributed by atoms with van der Waals surface area (Å²) in [5, 5.41) is 8.73. The summed E-state index contributed by atoms with van der Waals surface area (Å²) in [7, 11) is 0. The molecule has 1 aliphatic heterocycles. The first-order valence-corrected chi connectivity index (χ1v) is 5.93. The fourth-order valence-corrected chi connectivity index (χ4v) is 2.07. The van der Waals surface area contributed by atoms with Gasteiger partial charge in [0.2, 0.25) is 5.91 Å². The van der Waals surface area contributed by atoms with Gasteiger partial charge in [0.15, 0.2) is 0 Å². The fourth-order valence-electron chi connectivity index (χ4n) is 2.07. The Hall–Kier alpha value is -0.610. The number of amides is 1. The Morgan fingerprint density at radius 2 is 1.87 bits per heavy atom. The highest BCUT2D eigenvalue weighted by molar-refractivity contribution is 5.81. The molecule has 0 aromatic heterocycles. The lowest BCUT2D eigenvalue weighted by molar-refractivity contribution is -0.134. The molecule has 15 heavy (non-hydrogen) atoms. The minimum Gasteiger partial charge on any atom is -0.396 e. The van der Waals surface area contributed by atoms with Crippen LogP contribution in [0.15, 0.2) is 0 Å². The van der Waals surface area contributed by atoms with Crippen LogP contribution in [0.4, 0.5) is 0 Å². The van der Waals surface area contributed by atoms with Crippen LogP contribution in [0.2, 0.25) is 0 Å². The highest BCUT2D eigenvalue weighted by Crippen LogP contribution is 2.31. The first-order chi connectivity index (χ1) is 7.31. The van der Waals surface area contributed by atoms with E-state index in [9.17, 15) is 4.79 Å².